The van der Waals surface area contributed by atoms with E-state index in [2.05, 4.69) is 10.1 Å². The first-order valence-corrected chi connectivity index (χ1v) is 5.49. The summed E-state index contributed by atoms with van der Waals surface area (Å²) in [5.41, 5.74) is 6.28. The van der Waals surface area contributed by atoms with Crippen molar-refractivity contribution >= 4 is 12.4 Å². The molecule has 6 heteroatoms. The third-order valence-corrected chi connectivity index (χ3v) is 2.13. The van der Waals surface area contributed by atoms with Crippen LogP contribution in [0.15, 0.2) is 28.8 Å². The lowest BCUT2D eigenvalue weighted by Crippen LogP contribution is -2.05. The maximum Gasteiger partial charge on any atom is 0.240 e. The van der Waals surface area contributed by atoms with Crippen LogP contribution in [-0.4, -0.2) is 16.2 Å². The standard InChI is InChI=1S/C12H15N3O2.ClH/c1-8(2)16-10-5-3-9(4-6-10)12-14-11(7-13)17-15-12;/h3-6,8H,7,13H2,1-2H3;1H. The van der Waals surface area contributed by atoms with Crippen molar-refractivity contribution in [2.24, 2.45) is 5.73 Å². The van der Waals surface area contributed by atoms with Crippen molar-refractivity contribution in [3.05, 3.63) is 30.2 Å². The van der Waals surface area contributed by atoms with Gasteiger partial charge in [-0.2, -0.15) is 4.98 Å². The molecule has 0 radical (unpaired) electrons. The van der Waals surface area contributed by atoms with E-state index in [0.29, 0.717) is 11.7 Å². The quantitative estimate of drug-likeness (QED) is 0.922. The fraction of sp³-hybridized carbons (Fsp3) is 0.333. The highest BCUT2D eigenvalue weighted by atomic mass is 35.5. The molecule has 2 rings (SSSR count). The summed E-state index contributed by atoms with van der Waals surface area (Å²) in [5, 5.41) is 3.84. The average Bonchev–Trinajstić information content (AvgIpc) is 2.78. The van der Waals surface area contributed by atoms with Gasteiger partial charge in [0.15, 0.2) is 0 Å². The predicted molar refractivity (Wildman–Crippen MR) is 70.6 cm³/mol. The highest BCUT2D eigenvalue weighted by Gasteiger charge is 2.07. The van der Waals surface area contributed by atoms with E-state index in [-0.39, 0.29) is 25.1 Å². The van der Waals surface area contributed by atoms with Crippen LogP contribution in [0.25, 0.3) is 11.4 Å². The highest BCUT2D eigenvalue weighted by molar-refractivity contribution is 5.85. The third kappa shape index (κ3) is 3.45. The minimum absolute atomic E-state index is 0. The van der Waals surface area contributed by atoms with Crippen LogP contribution in [0, 0.1) is 0 Å². The van der Waals surface area contributed by atoms with E-state index >= 15 is 0 Å². The predicted octanol–water partition coefficient (Wildman–Crippen LogP) is 2.40. The molecule has 0 atom stereocenters. The van der Waals surface area contributed by atoms with Crippen molar-refractivity contribution in [1.82, 2.24) is 10.1 Å². The molecule has 0 fully saturated rings. The van der Waals surface area contributed by atoms with Crippen LogP contribution < -0.4 is 10.5 Å². The summed E-state index contributed by atoms with van der Waals surface area (Å²) in [6.45, 7) is 4.22. The van der Waals surface area contributed by atoms with Gasteiger partial charge in [0.1, 0.15) is 5.75 Å². The number of aromatic nitrogens is 2. The van der Waals surface area contributed by atoms with Crippen LogP contribution >= 0.6 is 12.4 Å². The number of halogens is 1. The Kier molecular flexibility index (Phi) is 5.12. The fourth-order valence-electron chi connectivity index (χ4n) is 1.41. The van der Waals surface area contributed by atoms with Gasteiger partial charge < -0.3 is 15.0 Å². The van der Waals surface area contributed by atoms with Crippen molar-refractivity contribution in [3.8, 4) is 17.1 Å². The molecule has 0 aliphatic rings. The van der Waals surface area contributed by atoms with E-state index in [1.807, 2.05) is 38.1 Å². The second-order valence-corrected chi connectivity index (χ2v) is 3.91. The zero-order chi connectivity index (χ0) is 12.3. The van der Waals surface area contributed by atoms with Crippen LogP contribution in [0.4, 0.5) is 0 Å². The molecule has 1 aromatic heterocycles. The first kappa shape index (κ1) is 14.5. The first-order chi connectivity index (χ1) is 8.19. The summed E-state index contributed by atoms with van der Waals surface area (Å²) >= 11 is 0. The van der Waals surface area contributed by atoms with Crippen molar-refractivity contribution in [2.45, 2.75) is 26.5 Å². The van der Waals surface area contributed by atoms with Crippen LogP contribution in [0.2, 0.25) is 0 Å². The van der Waals surface area contributed by atoms with Crippen molar-refractivity contribution in [3.63, 3.8) is 0 Å². The van der Waals surface area contributed by atoms with Gasteiger partial charge in [0.25, 0.3) is 0 Å². The normalized spacial score (nSPS) is 10.2. The summed E-state index contributed by atoms with van der Waals surface area (Å²) in [4.78, 5) is 4.15. The zero-order valence-electron chi connectivity index (χ0n) is 10.3. The maximum absolute atomic E-state index is 5.55. The molecule has 0 saturated heterocycles. The van der Waals surface area contributed by atoms with Gasteiger partial charge in [-0.25, -0.2) is 0 Å². The zero-order valence-corrected chi connectivity index (χ0v) is 11.1. The molecule has 5 nitrogen and oxygen atoms in total. The molecule has 0 aliphatic carbocycles. The molecule has 0 unspecified atom stereocenters. The second-order valence-electron chi connectivity index (χ2n) is 3.91. The SMILES string of the molecule is CC(C)Oc1ccc(-c2noc(CN)n2)cc1.Cl. The Hall–Kier alpha value is -1.59. The number of hydrogen-bond donors (Lipinski definition) is 1. The number of benzene rings is 1. The molecule has 98 valence electrons. The first-order valence-electron chi connectivity index (χ1n) is 5.49. The number of rotatable bonds is 4. The van der Waals surface area contributed by atoms with Gasteiger partial charge in [-0.15, -0.1) is 12.4 Å². The van der Waals surface area contributed by atoms with Crippen LogP contribution in [0.3, 0.4) is 0 Å². The third-order valence-electron chi connectivity index (χ3n) is 2.13. The van der Waals surface area contributed by atoms with Gasteiger partial charge >= 0.3 is 0 Å². The second kappa shape index (κ2) is 6.37. The molecule has 18 heavy (non-hydrogen) atoms. The van der Waals surface area contributed by atoms with Gasteiger partial charge in [0.05, 0.1) is 12.6 Å². The van der Waals surface area contributed by atoms with Gasteiger partial charge in [0, 0.05) is 5.56 Å². The van der Waals surface area contributed by atoms with E-state index in [1.165, 1.54) is 0 Å². The monoisotopic (exact) mass is 269 g/mol. The topological polar surface area (TPSA) is 74.2 Å². The minimum Gasteiger partial charge on any atom is -0.491 e. The Morgan fingerprint density at radius 3 is 2.44 bits per heavy atom. The van der Waals surface area contributed by atoms with E-state index in [0.717, 1.165) is 11.3 Å². The van der Waals surface area contributed by atoms with Gasteiger partial charge in [-0.3, -0.25) is 0 Å². The smallest absolute Gasteiger partial charge is 0.240 e. The summed E-state index contributed by atoms with van der Waals surface area (Å²) in [7, 11) is 0. The molecule has 2 N–H and O–H groups in total. The summed E-state index contributed by atoms with van der Waals surface area (Å²) < 4.78 is 10.5. The Bertz CT molecular complexity index is 482. The fourth-order valence-corrected chi connectivity index (χ4v) is 1.41. The van der Waals surface area contributed by atoms with Crippen molar-refractivity contribution in [2.75, 3.05) is 0 Å². The number of ether oxygens (including phenoxy) is 1. The summed E-state index contributed by atoms with van der Waals surface area (Å²) in [6.07, 6.45) is 0.162. The lowest BCUT2D eigenvalue weighted by molar-refractivity contribution is 0.242. The molecular formula is C12H16ClN3O2. The van der Waals surface area contributed by atoms with E-state index < -0.39 is 0 Å². The maximum atomic E-state index is 5.55. The van der Waals surface area contributed by atoms with Gasteiger partial charge in [-0.1, -0.05) is 5.16 Å². The van der Waals surface area contributed by atoms with Gasteiger partial charge in [-0.05, 0) is 38.1 Å². The Labute approximate surface area is 112 Å². The summed E-state index contributed by atoms with van der Waals surface area (Å²) in [6, 6.07) is 7.55. The molecule has 0 amide bonds. The molecule has 2 aromatic rings. The number of hydrogen-bond acceptors (Lipinski definition) is 5. The largest absolute Gasteiger partial charge is 0.491 e. The average molecular weight is 270 g/mol. The molecule has 0 bridgehead atoms. The van der Waals surface area contributed by atoms with Crippen LogP contribution in [0.1, 0.15) is 19.7 Å². The molecule has 0 saturated carbocycles. The molecule has 0 spiro atoms. The van der Waals surface area contributed by atoms with Crippen molar-refractivity contribution in [1.29, 1.82) is 0 Å². The number of nitrogens with two attached hydrogens (primary N) is 1. The lowest BCUT2D eigenvalue weighted by atomic mass is 10.2. The van der Waals surface area contributed by atoms with Crippen LogP contribution in [-0.2, 0) is 6.54 Å². The van der Waals surface area contributed by atoms with E-state index in [4.69, 9.17) is 15.0 Å². The van der Waals surface area contributed by atoms with E-state index in [9.17, 15) is 0 Å². The molecule has 1 aromatic carbocycles. The van der Waals surface area contributed by atoms with Gasteiger partial charge in [0.2, 0.25) is 11.7 Å². The van der Waals surface area contributed by atoms with Crippen LogP contribution in [0.5, 0.6) is 5.75 Å². The van der Waals surface area contributed by atoms with E-state index in [1.54, 1.807) is 0 Å². The Morgan fingerprint density at radius 1 is 1.28 bits per heavy atom. The Morgan fingerprint density at radius 2 is 1.94 bits per heavy atom. The molecule has 1 heterocycles. The molecular weight excluding hydrogens is 254 g/mol. The number of nitrogens with zero attached hydrogens (tertiary/aromatic N) is 2. The highest BCUT2D eigenvalue weighted by Crippen LogP contribution is 2.20. The molecule has 0 aliphatic heterocycles. The summed E-state index contributed by atoms with van der Waals surface area (Å²) in [5.74, 6) is 1.80. The minimum atomic E-state index is 0. The lowest BCUT2D eigenvalue weighted by Gasteiger charge is -2.09. The van der Waals surface area contributed by atoms with Crippen molar-refractivity contribution < 1.29 is 9.26 Å². The Balaban J connectivity index is 0.00000162.